The van der Waals surface area contributed by atoms with Crippen LogP contribution in [0.4, 0.5) is 0 Å². The monoisotopic (exact) mass is 261 g/mol. The molecule has 0 bridgehead atoms. The van der Waals surface area contributed by atoms with Crippen molar-refractivity contribution in [1.82, 2.24) is 4.90 Å². The second kappa shape index (κ2) is 5.97. The lowest BCUT2D eigenvalue weighted by molar-refractivity contribution is -0.149. The van der Waals surface area contributed by atoms with Gasteiger partial charge in [-0.1, -0.05) is 24.3 Å². The lowest BCUT2D eigenvalue weighted by atomic mass is 10.1. The van der Waals surface area contributed by atoms with E-state index in [-0.39, 0.29) is 11.8 Å². The number of carbonyl (C=O) groups is 2. The van der Waals surface area contributed by atoms with Gasteiger partial charge in [-0.25, -0.2) is 0 Å². The van der Waals surface area contributed by atoms with E-state index < -0.39 is 5.92 Å². The third-order valence-corrected chi connectivity index (χ3v) is 3.44. The van der Waals surface area contributed by atoms with Gasteiger partial charge >= 0.3 is 5.97 Å². The van der Waals surface area contributed by atoms with Crippen LogP contribution in [0, 0.1) is 12.8 Å². The molecule has 0 saturated carbocycles. The van der Waals surface area contributed by atoms with Crippen molar-refractivity contribution in [1.29, 1.82) is 0 Å². The Morgan fingerprint density at radius 2 is 2.16 bits per heavy atom. The average molecular weight is 261 g/mol. The quantitative estimate of drug-likeness (QED) is 0.609. The number of nitrogens with zero attached hydrogens (tertiary/aromatic N) is 1. The van der Waals surface area contributed by atoms with Gasteiger partial charge in [0.05, 0.1) is 13.2 Å². The fourth-order valence-electron chi connectivity index (χ4n) is 2.35. The molecule has 0 amide bonds. The molecule has 0 N–H and O–H groups in total. The zero-order valence-corrected chi connectivity index (χ0v) is 11.4. The van der Waals surface area contributed by atoms with Gasteiger partial charge in [0.1, 0.15) is 5.92 Å². The van der Waals surface area contributed by atoms with E-state index in [2.05, 4.69) is 19.1 Å². The normalized spacial score (nSPS) is 19.7. The lowest BCUT2D eigenvalue weighted by Gasteiger charge is -2.16. The molecule has 4 heteroatoms. The summed E-state index contributed by atoms with van der Waals surface area (Å²) < 4.78 is 4.93. The molecule has 1 aliphatic heterocycles. The Kier molecular flexibility index (Phi) is 4.32. The molecule has 0 spiro atoms. The van der Waals surface area contributed by atoms with Gasteiger partial charge in [0.2, 0.25) is 0 Å². The molecular weight excluding hydrogens is 242 g/mol. The predicted molar refractivity (Wildman–Crippen MR) is 71.6 cm³/mol. The first-order chi connectivity index (χ1) is 9.11. The number of hydrogen-bond donors (Lipinski definition) is 0. The fourth-order valence-corrected chi connectivity index (χ4v) is 2.35. The predicted octanol–water partition coefficient (Wildman–Crippen LogP) is 1.56. The first-order valence-corrected chi connectivity index (χ1v) is 6.58. The largest absolute Gasteiger partial charge is 0.465 e. The van der Waals surface area contributed by atoms with Crippen LogP contribution in [0.15, 0.2) is 24.3 Å². The molecule has 1 atom stereocenters. The number of carbonyl (C=O) groups excluding carboxylic acids is 2. The Morgan fingerprint density at radius 1 is 1.42 bits per heavy atom. The molecule has 0 radical (unpaired) electrons. The van der Waals surface area contributed by atoms with Crippen LogP contribution in [0.2, 0.25) is 0 Å². The number of esters is 1. The van der Waals surface area contributed by atoms with Crippen LogP contribution in [-0.2, 0) is 20.9 Å². The lowest BCUT2D eigenvalue weighted by Crippen LogP contribution is -2.25. The van der Waals surface area contributed by atoms with Crippen molar-refractivity contribution < 1.29 is 14.3 Å². The summed E-state index contributed by atoms with van der Waals surface area (Å²) in [6, 6.07) is 8.09. The van der Waals surface area contributed by atoms with E-state index in [1.807, 2.05) is 17.0 Å². The molecule has 1 saturated heterocycles. The Morgan fingerprint density at radius 3 is 2.84 bits per heavy atom. The molecule has 1 aliphatic rings. The molecule has 19 heavy (non-hydrogen) atoms. The summed E-state index contributed by atoms with van der Waals surface area (Å²) in [7, 11) is 0. The minimum absolute atomic E-state index is 0.0352. The van der Waals surface area contributed by atoms with Gasteiger partial charge < -0.3 is 4.74 Å². The summed E-state index contributed by atoms with van der Waals surface area (Å²) in [5.74, 6) is -1.03. The summed E-state index contributed by atoms with van der Waals surface area (Å²) in [6.07, 6.45) is 0. The number of benzene rings is 1. The van der Waals surface area contributed by atoms with Gasteiger partial charge in [-0.15, -0.1) is 0 Å². The molecular formula is C15H19NO3. The molecule has 1 fully saturated rings. The highest BCUT2D eigenvalue weighted by molar-refractivity contribution is 6.01. The van der Waals surface area contributed by atoms with Gasteiger partial charge in [-0.05, 0) is 25.0 Å². The number of ketones is 1. The first-order valence-electron chi connectivity index (χ1n) is 6.58. The fraction of sp³-hybridized carbons (Fsp3) is 0.467. The van der Waals surface area contributed by atoms with Crippen molar-refractivity contribution in [2.24, 2.45) is 5.92 Å². The highest BCUT2D eigenvalue weighted by Gasteiger charge is 2.37. The van der Waals surface area contributed by atoms with Crippen LogP contribution >= 0.6 is 0 Å². The highest BCUT2D eigenvalue weighted by atomic mass is 16.5. The number of hydrogen-bond acceptors (Lipinski definition) is 4. The van der Waals surface area contributed by atoms with E-state index in [1.165, 1.54) is 11.1 Å². The maximum atomic E-state index is 11.8. The number of aryl methyl sites for hydroxylation is 1. The zero-order chi connectivity index (χ0) is 13.8. The van der Waals surface area contributed by atoms with Crippen LogP contribution in [0.5, 0.6) is 0 Å². The second-order valence-electron chi connectivity index (χ2n) is 4.87. The summed E-state index contributed by atoms with van der Waals surface area (Å²) >= 11 is 0. The van der Waals surface area contributed by atoms with Crippen molar-refractivity contribution >= 4 is 11.8 Å². The number of ether oxygens (including phenoxy) is 1. The van der Waals surface area contributed by atoms with Crippen molar-refractivity contribution in [2.75, 3.05) is 19.7 Å². The van der Waals surface area contributed by atoms with Crippen LogP contribution in [-0.4, -0.2) is 36.3 Å². The summed E-state index contributed by atoms with van der Waals surface area (Å²) in [5, 5.41) is 0. The van der Waals surface area contributed by atoms with Gasteiger partial charge in [0, 0.05) is 13.1 Å². The number of likely N-dealkylation sites (tertiary alicyclic amines) is 1. The Balaban J connectivity index is 2.00. The average Bonchev–Trinajstić information content (AvgIpc) is 2.74. The Hall–Kier alpha value is -1.68. The van der Waals surface area contributed by atoms with E-state index >= 15 is 0 Å². The molecule has 1 aromatic rings. The smallest absolute Gasteiger partial charge is 0.317 e. The van der Waals surface area contributed by atoms with Crippen LogP contribution in [0.25, 0.3) is 0 Å². The molecule has 4 nitrogen and oxygen atoms in total. The zero-order valence-electron chi connectivity index (χ0n) is 11.4. The molecule has 0 aromatic heterocycles. The van der Waals surface area contributed by atoms with Crippen molar-refractivity contribution in [3.8, 4) is 0 Å². The standard InChI is InChI=1S/C15H19NO3/c1-3-19-15(18)13-9-16(10-14(13)17)8-12-7-5-4-6-11(12)2/h4-7,13H,3,8-10H2,1-2H3. The first kappa shape index (κ1) is 13.7. The molecule has 1 heterocycles. The topological polar surface area (TPSA) is 46.6 Å². The summed E-state index contributed by atoms with van der Waals surface area (Å²) in [6.45, 7) is 5.62. The Labute approximate surface area is 113 Å². The third kappa shape index (κ3) is 3.20. The van der Waals surface area contributed by atoms with Crippen LogP contribution in [0.3, 0.4) is 0 Å². The van der Waals surface area contributed by atoms with Gasteiger partial charge in [-0.2, -0.15) is 0 Å². The molecule has 1 unspecified atom stereocenters. The molecule has 102 valence electrons. The highest BCUT2D eigenvalue weighted by Crippen LogP contribution is 2.18. The van der Waals surface area contributed by atoms with Crippen molar-refractivity contribution in [2.45, 2.75) is 20.4 Å². The number of Topliss-reactive ketones (excluding diaryl/α,β-unsaturated/α-hetero) is 1. The van der Waals surface area contributed by atoms with Gasteiger partial charge in [-0.3, -0.25) is 14.5 Å². The van der Waals surface area contributed by atoms with Crippen molar-refractivity contribution in [3.05, 3.63) is 35.4 Å². The van der Waals surface area contributed by atoms with Gasteiger partial charge in [0.15, 0.2) is 5.78 Å². The molecule has 1 aromatic carbocycles. The maximum absolute atomic E-state index is 11.8. The van der Waals surface area contributed by atoms with E-state index in [0.717, 1.165) is 0 Å². The van der Waals surface area contributed by atoms with Gasteiger partial charge in [0.25, 0.3) is 0 Å². The minimum Gasteiger partial charge on any atom is -0.465 e. The molecule has 2 rings (SSSR count). The SMILES string of the molecule is CCOC(=O)C1CN(Cc2ccccc2C)CC1=O. The van der Waals surface area contributed by atoms with E-state index in [9.17, 15) is 9.59 Å². The van der Waals surface area contributed by atoms with E-state index in [0.29, 0.717) is 26.2 Å². The van der Waals surface area contributed by atoms with E-state index in [4.69, 9.17) is 4.74 Å². The van der Waals surface area contributed by atoms with Crippen LogP contribution in [0.1, 0.15) is 18.1 Å². The van der Waals surface area contributed by atoms with Crippen molar-refractivity contribution in [3.63, 3.8) is 0 Å². The second-order valence-corrected chi connectivity index (χ2v) is 4.87. The summed E-state index contributed by atoms with van der Waals surface area (Å²) in [4.78, 5) is 25.5. The van der Waals surface area contributed by atoms with Crippen LogP contribution < -0.4 is 0 Å². The Bertz CT molecular complexity index is 484. The number of rotatable bonds is 4. The maximum Gasteiger partial charge on any atom is 0.317 e. The molecule has 0 aliphatic carbocycles. The minimum atomic E-state index is -0.607. The third-order valence-electron chi connectivity index (χ3n) is 3.44. The summed E-state index contributed by atoms with van der Waals surface area (Å²) in [5.41, 5.74) is 2.40. The van der Waals surface area contributed by atoms with E-state index in [1.54, 1.807) is 6.92 Å².